The van der Waals surface area contributed by atoms with Crippen LogP contribution in [-0.4, -0.2) is 28.4 Å². The molecule has 0 saturated heterocycles. The van der Waals surface area contributed by atoms with E-state index in [0.29, 0.717) is 11.4 Å². The van der Waals surface area contributed by atoms with Crippen molar-refractivity contribution in [1.82, 2.24) is 4.57 Å². The van der Waals surface area contributed by atoms with Crippen LogP contribution in [0.2, 0.25) is 0 Å². The van der Waals surface area contributed by atoms with Crippen LogP contribution in [0.25, 0.3) is 0 Å². The predicted octanol–water partition coefficient (Wildman–Crippen LogP) is 2.66. The summed E-state index contributed by atoms with van der Waals surface area (Å²) in [6.45, 7) is -0.449. The molecule has 2 N–H and O–H groups in total. The minimum Gasteiger partial charge on any atom is -0.497 e. The van der Waals surface area contributed by atoms with Gasteiger partial charge in [0.2, 0.25) is 5.91 Å². The fraction of sp³-hybridized carbons (Fsp3) is 0.0952. The smallest absolute Gasteiger partial charge is 0.285 e. The van der Waals surface area contributed by atoms with Crippen LogP contribution >= 0.6 is 0 Å². The fourth-order valence-corrected chi connectivity index (χ4v) is 2.76. The second-order valence-electron chi connectivity index (χ2n) is 6.39. The molecule has 31 heavy (non-hydrogen) atoms. The maximum absolute atomic E-state index is 12.7. The average Bonchev–Trinajstić information content (AvgIpc) is 2.76. The molecule has 1 heterocycles. The average molecular weight is 422 g/mol. The minimum absolute atomic E-state index is 0.207. The molecule has 1 aromatic heterocycles. The third-order valence-corrected chi connectivity index (χ3v) is 4.29. The van der Waals surface area contributed by atoms with Crippen molar-refractivity contribution in [3.05, 3.63) is 92.9 Å². The van der Waals surface area contributed by atoms with Crippen LogP contribution in [0.4, 0.5) is 17.1 Å². The highest BCUT2D eigenvalue weighted by Crippen LogP contribution is 2.19. The van der Waals surface area contributed by atoms with Gasteiger partial charge in [0, 0.05) is 17.8 Å². The number of aromatic nitrogens is 1. The van der Waals surface area contributed by atoms with E-state index >= 15 is 0 Å². The number of hydrogen-bond donors (Lipinski definition) is 2. The van der Waals surface area contributed by atoms with Crippen LogP contribution in [0.1, 0.15) is 10.4 Å². The number of amides is 2. The molecule has 0 aliphatic heterocycles. The SMILES string of the molecule is COc1ccc(NC(=O)c2ccccc2NC(=O)Cn2cc([N+](=O)[O-])ccc2=O)cc1. The van der Waals surface area contributed by atoms with Crippen LogP contribution in [0.5, 0.6) is 5.75 Å². The van der Waals surface area contributed by atoms with Gasteiger partial charge >= 0.3 is 0 Å². The first-order chi connectivity index (χ1) is 14.9. The van der Waals surface area contributed by atoms with Gasteiger partial charge in [-0.05, 0) is 36.4 Å². The number of para-hydroxylation sites is 1. The molecule has 0 fully saturated rings. The summed E-state index contributed by atoms with van der Waals surface area (Å²) in [7, 11) is 1.54. The molecule has 3 aromatic rings. The van der Waals surface area contributed by atoms with Crippen LogP contribution < -0.4 is 20.9 Å². The molecule has 158 valence electrons. The van der Waals surface area contributed by atoms with Crippen molar-refractivity contribution in [2.24, 2.45) is 0 Å². The molecular weight excluding hydrogens is 404 g/mol. The molecule has 10 nitrogen and oxygen atoms in total. The van der Waals surface area contributed by atoms with Gasteiger partial charge in [-0.3, -0.25) is 29.1 Å². The third-order valence-electron chi connectivity index (χ3n) is 4.29. The zero-order chi connectivity index (χ0) is 22.4. The Morgan fingerprint density at radius 3 is 2.42 bits per heavy atom. The highest BCUT2D eigenvalue weighted by Gasteiger charge is 2.15. The number of methoxy groups -OCH3 is 1. The first-order valence-electron chi connectivity index (χ1n) is 9.06. The van der Waals surface area contributed by atoms with Gasteiger partial charge in [0.25, 0.3) is 17.2 Å². The van der Waals surface area contributed by atoms with Gasteiger partial charge in [-0.2, -0.15) is 0 Å². The number of ether oxygens (including phenoxy) is 1. The van der Waals surface area contributed by atoms with E-state index in [1.54, 1.807) is 36.4 Å². The Bertz CT molecular complexity index is 1190. The molecule has 2 aromatic carbocycles. The molecule has 0 saturated carbocycles. The van der Waals surface area contributed by atoms with E-state index in [1.165, 1.54) is 19.2 Å². The number of hydrogen-bond acceptors (Lipinski definition) is 6. The Morgan fingerprint density at radius 1 is 1.03 bits per heavy atom. The highest BCUT2D eigenvalue weighted by molar-refractivity contribution is 6.10. The van der Waals surface area contributed by atoms with E-state index in [1.807, 2.05) is 0 Å². The number of anilines is 2. The summed E-state index contributed by atoms with van der Waals surface area (Å²) >= 11 is 0. The minimum atomic E-state index is -0.660. The zero-order valence-corrected chi connectivity index (χ0v) is 16.4. The summed E-state index contributed by atoms with van der Waals surface area (Å²) < 4.78 is 6.00. The first kappa shape index (κ1) is 21.2. The largest absolute Gasteiger partial charge is 0.497 e. The number of rotatable bonds is 7. The Hall–Kier alpha value is -4.47. The van der Waals surface area contributed by atoms with Crippen molar-refractivity contribution in [2.45, 2.75) is 6.54 Å². The molecule has 10 heteroatoms. The van der Waals surface area contributed by atoms with E-state index in [9.17, 15) is 24.5 Å². The normalized spacial score (nSPS) is 10.2. The van der Waals surface area contributed by atoms with Crippen LogP contribution in [-0.2, 0) is 11.3 Å². The van der Waals surface area contributed by atoms with Crippen LogP contribution in [0, 0.1) is 10.1 Å². The number of benzene rings is 2. The second-order valence-corrected chi connectivity index (χ2v) is 6.39. The molecule has 0 aliphatic rings. The van der Waals surface area contributed by atoms with Gasteiger partial charge in [0.05, 0.1) is 29.5 Å². The zero-order valence-electron chi connectivity index (χ0n) is 16.4. The van der Waals surface area contributed by atoms with E-state index in [2.05, 4.69) is 10.6 Å². The van der Waals surface area contributed by atoms with E-state index in [4.69, 9.17) is 4.74 Å². The third kappa shape index (κ3) is 5.32. The molecule has 0 aliphatic carbocycles. The summed E-state index contributed by atoms with van der Waals surface area (Å²) in [4.78, 5) is 47.2. The molecule has 0 unspecified atom stereocenters. The Balaban J connectivity index is 1.75. The number of nitro groups is 1. The van der Waals surface area contributed by atoms with Crippen molar-refractivity contribution in [2.75, 3.05) is 17.7 Å². The monoisotopic (exact) mass is 422 g/mol. The van der Waals surface area contributed by atoms with Gasteiger partial charge in [-0.15, -0.1) is 0 Å². The van der Waals surface area contributed by atoms with Crippen LogP contribution in [0.3, 0.4) is 0 Å². The topological polar surface area (TPSA) is 133 Å². The molecule has 2 amide bonds. The van der Waals surface area contributed by atoms with E-state index in [-0.39, 0.29) is 16.9 Å². The lowest BCUT2D eigenvalue weighted by Crippen LogP contribution is -2.27. The summed E-state index contributed by atoms with van der Waals surface area (Å²) in [6, 6.07) is 15.2. The first-order valence-corrected chi connectivity index (χ1v) is 9.06. The maximum Gasteiger partial charge on any atom is 0.285 e. The number of nitrogens with one attached hydrogen (secondary N) is 2. The molecule has 0 radical (unpaired) electrons. The fourth-order valence-electron chi connectivity index (χ4n) is 2.76. The standard InChI is InChI=1S/C21H18N4O6/c1-31-16-9-6-14(7-10-16)22-21(28)17-4-2-3-5-18(17)23-19(26)13-24-12-15(25(29)30)8-11-20(24)27/h2-12H,13H2,1H3,(H,22,28)(H,23,26). The molecular formula is C21H18N4O6. The predicted molar refractivity (Wildman–Crippen MR) is 113 cm³/mol. The molecule has 0 atom stereocenters. The second kappa shape index (κ2) is 9.35. The van der Waals surface area contributed by atoms with Crippen LogP contribution in [0.15, 0.2) is 71.7 Å². The number of carbonyl (C=O) groups is 2. The van der Waals surface area contributed by atoms with Crippen molar-refractivity contribution in [3.63, 3.8) is 0 Å². The summed E-state index contributed by atoms with van der Waals surface area (Å²) in [6.07, 6.45) is 0.990. The van der Waals surface area contributed by atoms with Gasteiger partial charge in [0.1, 0.15) is 12.3 Å². The summed E-state index contributed by atoms with van der Waals surface area (Å²) in [5.41, 5.74) is 0.100. The lowest BCUT2D eigenvalue weighted by atomic mass is 10.1. The van der Waals surface area contributed by atoms with Gasteiger partial charge in [0.15, 0.2) is 0 Å². The van der Waals surface area contributed by atoms with E-state index in [0.717, 1.165) is 22.9 Å². The van der Waals surface area contributed by atoms with Gasteiger partial charge < -0.3 is 15.4 Å². The molecule has 3 rings (SSSR count). The van der Waals surface area contributed by atoms with E-state index < -0.39 is 28.8 Å². The Kier molecular flexibility index (Phi) is 6.41. The van der Waals surface area contributed by atoms with Gasteiger partial charge in [-0.25, -0.2) is 0 Å². The summed E-state index contributed by atoms with van der Waals surface area (Å²) in [5, 5.41) is 16.2. The highest BCUT2D eigenvalue weighted by atomic mass is 16.6. The number of pyridine rings is 1. The van der Waals surface area contributed by atoms with Gasteiger partial charge in [-0.1, -0.05) is 12.1 Å². The number of carbonyl (C=O) groups excluding carboxylic acids is 2. The van der Waals surface area contributed by atoms with Crippen molar-refractivity contribution in [1.29, 1.82) is 0 Å². The number of nitrogens with zero attached hydrogens (tertiary/aromatic N) is 2. The molecule has 0 spiro atoms. The van der Waals surface area contributed by atoms with Crippen molar-refractivity contribution < 1.29 is 19.2 Å². The Labute approximate surface area is 176 Å². The quantitative estimate of drug-likeness (QED) is 0.444. The molecule has 0 bridgehead atoms. The maximum atomic E-state index is 12.7. The van der Waals surface area contributed by atoms with Crippen molar-refractivity contribution in [3.8, 4) is 5.75 Å². The van der Waals surface area contributed by atoms with Crippen molar-refractivity contribution >= 4 is 28.9 Å². The lowest BCUT2D eigenvalue weighted by Gasteiger charge is -2.12. The summed E-state index contributed by atoms with van der Waals surface area (Å²) in [5.74, 6) is -0.428. The Morgan fingerprint density at radius 2 is 1.74 bits per heavy atom. The lowest BCUT2D eigenvalue weighted by molar-refractivity contribution is -0.385.